The van der Waals surface area contributed by atoms with Crippen LogP contribution in [0.15, 0.2) is 59.9 Å². The topological polar surface area (TPSA) is 72.0 Å². The number of nitrogens with one attached hydrogen (secondary N) is 1. The van der Waals surface area contributed by atoms with E-state index >= 15 is 0 Å². The van der Waals surface area contributed by atoms with Gasteiger partial charge in [-0.05, 0) is 29.0 Å². The first-order chi connectivity index (χ1) is 14.8. The number of nitrogens with zero attached hydrogens (tertiary/aromatic N) is 1. The van der Waals surface area contributed by atoms with Crippen molar-refractivity contribution in [3.63, 3.8) is 0 Å². The normalized spacial score (nSPS) is 23.1. The molecule has 2 aliphatic carbocycles. The minimum absolute atomic E-state index is 0.0277. The van der Waals surface area contributed by atoms with E-state index in [9.17, 15) is 9.59 Å². The summed E-state index contributed by atoms with van der Waals surface area (Å²) in [6.07, 6.45) is 0.957. The van der Waals surface area contributed by atoms with E-state index in [-0.39, 0.29) is 17.0 Å². The second kappa shape index (κ2) is 5.82. The number of aromatic amines is 1. The third-order valence-corrected chi connectivity index (χ3v) is 6.85. The van der Waals surface area contributed by atoms with Gasteiger partial charge in [0.1, 0.15) is 11.2 Å². The summed E-state index contributed by atoms with van der Waals surface area (Å²) < 4.78 is 6.21. The molecule has 0 amide bonds. The van der Waals surface area contributed by atoms with Crippen LogP contribution < -0.4 is 4.74 Å². The molecule has 2 heterocycles. The Morgan fingerprint density at radius 2 is 1.61 bits per heavy atom. The zero-order valence-corrected chi connectivity index (χ0v) is 17.7. The Balaban J connectivity index is 1.80. The Hall–Kier alpha value is -3.47. The van der Waals surface area contributed by atoms with Gasteiger partial charge in [-0.3, -0.25) is 14.7 Å². The van der Waals surface area contributed by atoms with Crippen LogP contribution in [-0.2, 0) is 10.2 Å². The summed E-state index contributed by atoms with van der Waals surface area (Å²) in [7, 11) is 0. The lowest BCUT2D eigenvalue weighted by Crippen LogP contribution is -2.49. The zero-order chi connectivity index (χ0) is 21.5. The molecule has 2 aromatic carbocycles. The molecule has 0 fully saturated rings. The first-order valence-electron chi connectivity index (χ1n) is 10.6. The predicted molar refractivity (Wildman–Crippen MR) is 116 cm³/mol. The molecular formula is C26H22N2O3. The number of aromatic nitrogens is 2. The summed E-state index contributed by atoms with van der Waals surface area (Å²) >= 11 is 0. The van der Waals surface area contributed by atoms with Gasteiger partial charge in [0.2, 0.25) is 5.88 Å². The first-order valence-corrected chi connectivity index (χ1v) is 10.6. The van der Waals surface area contributed by atoms with E-state index in [1.807, 2.05) is 55.5 Å². The van der Waals surface area contributed by atoms with E-state index in [1.165, 1.54) is 0 Å². The molecule has 0 saturated carbocycles. The minimum Gasteiger partial charge on any atom is -0.441 e. The second-order valence-corrected chi connectivity index (χ2v) is 9.54. The molecule has 0 bridgehead atoms. The van der Waals surface area contributed by atoms with E-state index in [0.29, 0.717) is 41.2 Å². The van der Waals surface area contributed by atoms with Gasteiger partial charge in [0.25, 0.3) is 0 Å². The lowest BCUT2D eigenvalue weighted by Gasteiger charge is -2.46. The number of carbonyl (C=O) groups excluding carboxylic acids is 2. The summed E-state index contributed by atoms with van der Waals surface area (Å²) in [4.78, 5) is 28.2. The molecule has 1 aromatic heterocycles. The van der Waals surface area contributed by atoms with Crippen molar-refractivity contribution in [3.8, 4) is 17.0 Å². The Bertz CT molecular complexity index is 1340. The maximum Gasteiger partial charge on any atom is 0.242 e. The average Bonchev–Trinajstić information content (AvgIpc) is 3.11. The van der Waals surface area contributed by atoms with Gasteiger partial charge in [0.15, 0.2) is 11.6 Å². The van der Waals surface area contributed by atoms with Crippen LogP contribution in [0.25, 0.3) is 11.1 Å². The van der Waals surface area contributed by atoms with Crippen LogP contribution in [0.3, 0.4) is 0 Å². The third-order valence-electron chi connectivity index (χ3n) is 6.85. The summed E-state index contributed by atoms with van der Waals surface area (Å²) in [5, 5.41) is 7.39. The number of ether oxygens (including phenoxy) is 1. The number of ketones is 2. The maximum atomic E-state index is 14.4. The number of allylic oxidation sites excluding steroid dienone is 2. The van der Waals surface area contributed by atoms with Crippen molar-refractivity contribution in [2.75, 3.05) is 0 Å². The highest BCUT2D eigenvalue weighted by Gasteiger charge is 2.60. The molecule has 0 unspecified atom stereocenters. The summed E-state index contributed by atoms with van der Waals surface area (Å²) in [6, 6.07) is 15.6. The number of fused-ring (bicyclic) bond motifs is 7. The Morgan fingerprint density at radius 3 is 2.39 bits per heavy atom. The number of hydrogen-bond donors (Lipinski definition) is 1. The number of rotatable bonds is 0. The molecule has 1 spiro atoms. The van der Waals surface area contributed by atoms with Crippen LogP contribution in [-0.4, -0.2) is 21.8 Å². The summed E-state index contributed by atoms with van der Waals surface area (Å²) in [5.74, 6) is 0.850. The Labute approximate surface area is 180 Å². The molecule has 3 aliphatic rings. The van der Waals surface area contributed by atoms with Crippen molar-refractivity contribution in [1.29, 1.82) is 0 Å². The first kappa shape index (κ1) is 18.3. The number of benzene rings is 2. The molecule has 154 valence electrons. The SMILES string of the molecule is Cc1[nH]nc2c1[C@@]1(C(=O)c3ccccc3-c3ccccc31)C1=C(CC(C)(C)CC1=O)O2. The highest BCUT2D eigenvalue weighted by atomic mass is 16.5. The van der Waals surface area contributed by atoms with Gasteiger partial charge in [-0.2, -0.15) is 0 Å². The number of aryl methyl sites for hydroxylation is 1. The molecule has 3 aromatic rings. The van der Waals surface area contributed by atoms with E-state index in [1.54, 1.807) is 0 Å². The molecule has 5 nitrogen and oxygen atoms in total. The van der Waals surface area contributed by atoms with Gasteiger partial charge in [0, 0.05) is 24.1 Å². The molecule has 31 heavy (non-hydrogen) atoms. The predicted octanol–water partition coefficient (Wildman–Crippen LogP) is 4.90. The zero-order valence-electron chi connectivity index (χ0n) is 17.7. The summed E-state index contributed by atoms with van der Waals surface area (Å²) in [5.41, 5.74) is 3.70. The fourth-order valence-electron chi connectivity index (χ4n) is 5.72. The van der Waals surface area contributed by atoms with Gasteiger partial charge < -0.3 is 4.74 Å². The van der Waals surface area contributed by atoms with Crippen LogP contribution in [0.4, 0.5) is 0 Å². The molecule has 5 heteroatoms. The third kappa shape index (κ3) is 2.18. The molecule has 0 saturated heterocycles. The van der Waals surface area contributed by atoms with Gasteiger partial charge in [0.05, 0.1) is 11.1 Å². The van der Waals surface area contributed by atoms with Crippen LogP contribution in [0.2, 0.25) is 0 Å². The van der Waals surface area contributed by atoms with Crippen LogP contribution in [0.5, 0.6) is 5.88 Å². The standard InChI is InChI=1S/C26H22N2O3/c1-14-21-24(28-27-14)31-20-13-25(2,3)12-19(29)22(20)26(21)18-11-7-6-9-16(18)15-8-4-5-10-17(15)23(26)30/h4-11H,12-13H2,1-3H3,(H,27,28)/t26-/m1/s1. The number of H-pyrrole nitrogens is 1. The maximum absolute atomic E-state index is 14.4. The van der Waals surface area contributed by atoms with Gasteiger partial charge >= 0.3 is 0 Å². The number of carbonyl (C=O) groups is 2. The highest BCUT2D eigenvalue weighted by Crippen LogP contribution is 2.58. The number of hydrogen-bond acceptors (Lipinski definition) is 4. The van der Waals surface area contributed by atoms with E-state index < -0.39 is 5.41 Å². The molecule has 0 radical (unpaired) electrons. The molecular weight excluding hydrogens is 388 g/mol. The Morgan fingerprint density at radius 1 is 0.935 bits per heavy atom. The highest BCUT2D eigenvalue weighted by molar-refractivity contribution is 6.22. The number of Topliss-reactive ketones (excluding diaryl/α,β-unsaturated/α-hetero) is 2. The van der Waals surface area contributed by atoms with Gasteiger partial charge in [-0.25, -0.2) is 0 Å². The molecule has 1 atom stereocenters. The summed E-state index contributed by atoms with van der Waals surface area (Å²) in [6.45, 7) is 6.00. The van der Waals surface area contributed by atoms with Crippen molar-refractivity contribution in [2.45, 2.75) is 39.0 Å². The molecule has 6 rings (SSSR count). The lowest BCUT2D eigenvalue weighted by molar-refractivity contribution is -0.119. The smallest absolute Gasteiger partial charge is 0.242 e. The van der Waals surface area contributed by atoms with Crippen LogP contribution in [0.1, 0.15) is 53.9 Å². The Kier molecular flexibility index (Phi) is 3.43. The van der Waals surface area contributed by atoms with Crippen LogP contribution >= 0.6 is 0 Å². The van der Waals surface area contributed by atoms with Crippen molar-refractivity contribution in [1.82, 2.24) is 10.2 Å². The van der Waals surface area contributed by atoms with Crippen molar-refractivity contribution in [2.24, 2.45) is 5.41 Å². The monoisotopic (exact) mass is 410 g/mol. The molecule has 1 aliphatic heterocycles. The molecule has 1 N–H and O–H groups in total. The lowest BCUT2D eigenvalue weighted by atomic mass is 9.55. The average molecular weight is 410 g/mol. The quantitative estimate of drug-likeness (QED) is 0.572. The van der Waals surface area contributed by atoms with Gasteiger partial charge in [-0.15, -0.1) is 5.10 Å². The van der Waals surface area contributed by atoms with Crippen LogP contribution in [0, 0.1) is 12.3 Å². The van der Waals surface area contributed by atoms with E-state index in [4.69, 9.17) is 4.74 Å². The van der Waals surface area contributed by atoms with Gasteiger partial charge in [-0.1, -0.05) is 62.4 Å². The minimum atomic E-state index is -1.25. The van der Waals surface area contributed by atoms with E-state index in [2.05, 4.69) is 24.0 Å². The second-order valence-electron chi connectivity index (χ2n) is 9.54. The van der Waals surface area contributed by atoms with Crippen molar-refractivity contribution in [3.05, 3.63) is 82.2 Å². The van der Waals surface area contributed by atoms with Crippen molar-refractivity contribution >= 4 is 11.6 Å². The largest absolute Gasteiger partial charge is 0.441 e. The van der Waals surface area contributed by atoms with E-state index in [0.717, 1.165) is 22.4 Å². The fourth-order valence-corrected chi connectivity index (χ4v) is 5.72. The fraction of sp³-hybridized carbons (Fsp3) is 0.269. The van der Waals surface area contributed by atoms with Crippen molar-refractivity contribution < 1.29 is 14.3 Å².